The van der Waals surface area contributed by atoms with Crippen molar-refractivity contribution >= 4 is 0 Å². The van der Waals surface area contributed by atoms with Crippen LogP contribution in [0.15, 0.2) is 36.4 Å². The van der Waals surface area contributed by atoms with Gasteiger partial charge in [0.2, 0.25) is 0 Å². The topological polar surface area (TPSA) is 26.0 Å². The smallest absolute Gasteiger partial charge is 0.123 e. The highest BCUT2D eigenvalue weighted by Crippen LogP contribution is 2.30. The molecular formula is C18H22FN. The molecule has 1 nitrogen and oxygen atoms in total. The van der Waals surface area contributed by atoms with E-state index in [-0.39, 0.29) is 11.9 Å². The van der Waals surface area contributed by atoms with E-state index in [0.717, 1.165) is 29.5 Å². The van der Waals surface area contributed by atoms with Crippen molar-refractivity contribution in [1.29, 1.82) is 0 Å². The van der Waals surface area contributed by atoms with E-state index in [1.165, 1.54) is 17.2 Å². The van der Waals surface area contributed by atoms with Gasteiger partial charge in [0, 0.05) is 6.04 Å². The van der Waals surface area contributed by atoms with Crippen LogP contribution in [-0.4, -0.2) is 0 Å². The summed E-state index contributed by atoms with van der Waals surface area (Å²) in [5, 5.41) is 0. The SMILES string of the molecule is CCc1ccc(-c2cc(F)ccc2C(C)N)cc1CC. The van der Waals surface area contributed by atoms with Crippen LogP contribution >= 0.6 is 0 Å². The quantitative estimate of drug-likeness (QED) is 0.861. The molecule has 2 N–H and O–H groups in total. The third kappa shape index (κ3) is 2.91. The van der Waals surface area contributed by atoms with Crippen LogP contribution in [0.25, 0.3) is 11.1 Å². The van der Waals surface area contributed by atoms with Crippen molar-refractivity contribution in [3.8, 4) is 11.1 Å². The lowest BCUT2D eigenvalue weighted by Gasteiger charge is -2.15. The third-order valence-corrected chi connectivity index (χ3v) is 3.78. The molecule has 0 aliphatic carbocycles. The Balaban J connectivity index is 2.58. The van der Waals surface area contributed by atoms with Gasteiger partial charge < -0.3 is 5.73 Å². The molecule has 0 fully saturated rings. The van der Waals surface area contributed by atoms with Gasteiger partial charge in [-0.2, -0.15) is 0 Å². The van der Waals surface area contributed by atoms with Gasteiger partial charge in [0.25, 0.3) is 0 Å². The standard InChI is InChI=1S/C18H22FN/c1-4-13-6-7-15(10-14(13)5-2)18-11-16(19)8-9-17(18)12(3)20/h6-12H,4-5,20H2,1-3H3. The average molecular weight is 271 g/mol. The van der Waals surface area contributed by atoms with E-state index in [9.17, 15) is 4.39 Å². The highest BCUT2D eigenvalue weighted by atomic mass is 19.1. The lowest BCUT2D eigenvalue weighted by molar-refractivity contribution is 0.626. The molecule has 0 heterocycles. The Morgan fingerprint density at radius 1 is 1.00 bits per heavy atom. The summed E-state index contributed by atoms with van der Waals surface area (Å²) in [5.41, 5.74) is 11.6. The Morgan fingerprint density at radius 3 is 2.30 bits per heavy atom. The normalized spacial score (nSPS) is 12.4. The fraction of sp³-hybridized carbons (Fsp3) is 0.333. The second-order valence-corrected chi connectivity index (χ2v) is 5.21. The maximum atomic E-state index is 13.6. The van der Waals surface area contributed by atoms with E-state index in [4.69, 9.17) is 5.73 Å². The Labute approximate surface area is 120 Å². The van der Waals surface area contributed by atoms with Crippen LogP contribution in [0.3, 0.4) is 0 Å². The average Bonchev–Trinajstić information content (AvgIpc) is 2.46. The number of aryl methyl sites for hydroxylation is 2. The number of nitrogens with two attached hydrogens (primary N) is 1. The van der Waals surface area contributed by atoms with Gasteiger partial charge in [0.1, 0.15) is 5.82 Å². The summed E-state index contributed by atoms with van der Waals surface area (Å²) in [5.74, 6) is -0.220. The molecule has 2 aromatic carbocycles. The number of hydrogen-bond donors (Lipinski definition) is 1. The van der Waals surface area contributed by atoms with Crippen LogP contribution in [0.1, 0.15) is 43.5 Å². The fourth-order valence-corrected chi connectivity index (χ4v) is 2.64. The lowest BCUT2D eigenvalue weighted by Crippen LogP contribution is -2.07. The molecular weight excluding hydrogens is 249 g/mol. The molecule has 0 spiro atoms. The minimum absolute atomic E-state index is 0.110. The van der Waals surface area contributed by atoms with E-state index in [0.29, 0.717) is 0 Å². The maximum absolute atomic E-state index is 13.6. The monoisotopic (exact) mass is 271 g/mol. The van der Waals surface area contributed by atoms with E-state index in [1.54, 1.807) is 12.1 Å². The van der Waals surface area contributed by atoms with Crippen molar-refractivity contribution in [2.24, 2.45) is 5.73 Å². The minimum atomic E-state index is -0.220. The van der Waals surface area contributed by atoms with E-state index in [1.807, 2.05) is 6.92 Å². The summed E-state index contributed by atoms with van der Waals surface area (Å²) in [6, 6.07) is 11.1. The van der Waals surface area contributed by atoms with Crippen molar-refractivity contribution in [3.63, 3.8) is 0 Å². The van der Waals surface area contributed by atoms with Gasteiger partial charge in [0.15, 0.2) is 0 Å². The zero-order chi connectivity index (χ0) is 14.7. The Hall–Kier alpha value is -1.67. The van der Waals surface area contributed by atoms with E-state index < -0.39 is 0 Å². The first-order valence-corrected chi connectivity index (χ1v) is 7.24. The fourth-order valence-electron chi connectivity index (χ4n) is 2.64. The molecule has 20 heavy (non-hydrogen) atoms. The van der Waals surface area contributed by atoms with Crippen LogP contribution in [0.5, 0.6) is 0 Å². The van der Waals surface area contributed by atoms with Gasteiger partial charge in [-0.3, -0.25) is 0 Å². The van der Waals surface area contributed by atoms with Crippen LogP contribution in [-0.2, 0) is 12.8 Å². The lowest BCUT2D eigenvalue weighted by atomic mass is 9.92. The van der Waals surface area contributed by atoms with E-state index in [2.05, 4.69) is 32.0 Å². The number of hydrogen-bond acceptors (Lipinski definition) is 1. The molecule has 1 atom stereocenters. The first kappa shape index (κ1) is 14.7. The van der Waals surface area contributed by atoms with Crippen molar-refractivity contribution < 1.29 is 4.39 Å². The van der Waals surface area contributed by atoms with Gasteiger partial charge in [0.05, 0.1) is 0 Å². The van der Waals surface area contributed by atoms with Crippen LogP contribution < -0.4 is 5.73 Å². The first-order valence-electron chi connectivity index (χ1n) is 7.24. The van der Waals surface area contributed by atoms with Crippen LogP contribution in [0, 0.1) is 5.82 Å². The molecule has 0 radical (unpaired) electrons. The predicted octanol–water partition coefficient (Wildman–Crippen LogP) is 4.64. The van der Waals surface area contributed by atoms with Crippen molar-refractivity contribution in [3.05, 3.63) is 58.9 Å². The zero-order valence-corrected chi connectivity index (χ0v) is 12.4. The molecule has 0 amide bonds. The highest BCUT2D eigenvalue weighted by Gasteiger charge is 2.11. The second-order valence-electron chi connectivity index (χ2n) is 5.21. The molecule has 2 heteroatoms. The molecule has 2 aromatic rings. The van der Waals surface area contributed by atoms with Gasteiger partial charge in [-0.1, -0.05) is 38.1 Å². The molecule has 106 valence electrons. The van der Waals surface area contributed by atoms with Crippen molar-refractivity contribution in [2.75, 3.05) is 0 Å². The molecule has 2 rings (SSSR count). The van der Waals surface area contributed by atoms with Crippen molar-refractivity contribution in [2.45, 2.75) is 39.7 Å². The van der Waals surface area contributed by atoms with Crippen molar-refractivity contribution in [1.82, 2.24) is 0 Å². The molecule has 0 aliphatic heterocycles. The zero-order valence-electron chi connectivity index (χ0n) is 12.4. The minimum Gasteiger partial charge on any atom is -0.324 e. The largest absolute Gasteiger partial charge is 0.324 e. The van der Waals surface area contributed by atoms with Gasteiger partial charge in [-0.25, -0.2) is 4.39 Å². The van der Waals surface area contributed by atoms with Gasteiger partial charge in [-0.05, 0) is 59.7 Å². The summed E-state index contributed by atoms with van der Waals surface area (Å²) < 4.78 is 13.6. The molecule has 0 bridgehead atoms. The third-order valence-electron chi connectivity index (χ3n) is 3.78. The summed E-state index contributed by atoms with van der Waals surface area (Å²) in [6.45, 7) is 6.23. The van der Waals surface area contributed by atoms with Gasteiger partial charge >= 0.3 is 0 Å². The number of halogens is 1. The highest BCUT2D eigenvalue weighted by molar-refractivity contribution is 5.69. The van der Waals surface area contributed by atoms with Crippen LogP contribution in [0.4, 0.5) is 4.39 Å². The number of rotatable bonds is 4. The summed E-state index contributed by atoms with van der Waals surface area (Å²) >= 11 is 0. The Bertz CT molecular complexity index is 602. The molecule has 0 aliphatic rings. The summed E-state index contributed by atoms with van der Waals surface area (Å²) in [6.07, 6.45) is 2.01. The Kier molecular flexibility index (Phi) is 4.56. The second kappa shape index (κ2) is 6.19. The molecule has 0 aromatic heterocycles. The Morgan fingerprint density at radius 2 is 1.70 bits per heavy atom. The van der Waals surface area contributed by atoms with Gasteiger partial charge in [-0.15, -0.1) is 0 Å². The van der Waals surface area contributed by atoms with Crippen LogP contribution in [0.2, 0.25) is 0 Å². The maximum Gasteiger partial charge on any atom is 0.123 e. The molecule has 0 saturated heterocycles. The first-order chi connectivity index (χ1) is 9.56. The summed E-state index contributed by atoms with van der Waals surface area (Å²) in [4.78, 5) is 0. The number of benzene rings is 2. The molecule has 1 unspecified atom stereocenters. The predicted molar refractivity (Wildman–Crippen MR) is 83.2 cm³/mol. The summed E-state index contributed by atoms with van der Waals surface area (Å²) in [7, 11) is 0. The van der Waals surface area contributed by atoms with E-state index >= 15 is 0 Å². The molecule has 0 saturated carbocycles.